The van der Waals surface area contributed by atoms with Gasteiger partial charge in [0.1, 0.15) is 11.4 Å². The summed E-state index contributed by atoms with van der Waals surface area (Å²) in [5.41, 5.74) is 2.89. The molecular formula is C12H12N6OS. The van der Waals surface area contributed by atoms with Crippen LogP contribution in [-0.4, -0.2) is 30.2 Å². The number of nitrogen functional groups attached to an aromatic ring is 1. The van der Waals surface area contributed by atoms with Crippen LogP contribution in [-0.2, 0) is 0 Å². The first-order chi connectivity index (χ1) is 9.56. The standard InChI is InChI=1S/C12H12N6OS/c1-6-2-3-10(19)7(4-6)8-5-9(15-14-8)11-16-17-12(20)18(11)13/h2-5,19H,13H2,1H3,(H,14,15)(H,17,20). The molecule has 0 aliphatic carbocycles. The minimum Gasteiger partial charge on any atom is -0.507 e. The molecule has 0 saturated heterocycles. The van der Waals surface area contributed by atoms with Crippen LogP contribution in [0, 0.1) is 11.7 Å². The predicted octanol–water partition coefficient (Wildman–Crippen LogP) is 1.73. The number of phenolic OH excluding ortho intramolecular Hbond substituents is 1. The highest BCUT2D eigenvalue weighted by Crippen LogP contribution is 2.30. The SMILES string of the molecule is Cc1ccc(O)c(-c2cc(-c3n[nH]c(=S)n3N)[nH]n2)c1. The Kier molecular flexibility index (Phi) is 2.79. The second-order valence-electron chi connectivity index (χ2n) is 4.41. The van der Waals surface area contributed by atoms with Crippen molar-refractivity contribution >= 4 is 12.2 Å². The third kappa shape index (κ3) is 1.95. The molecule has 5 N–H and O–H groups in total. The third-order valence-electron chi connectivity index (χ3n) is 2.95. The molecule has 2 aromatic heterocycles. The fourth-order valence-electron chi connectivity index (χ4n) is 1.92. The minimum atomic E-state index is 0.167. The van der Waals surface area contributed by atoms with E-state index in [0.29, 0.717) is 27.5 Å². The summed E-state index contributed by atoms with van der Waals surface area (Å²) in [6, 6.07) is 7.08. The van der Waals surface area contributed by atoms with Crippen molar-refractivity contribution in [3.8, 4) is 28.5 Å². The topological polar surface area (TPSA) is 109 Å². The number of nitrogens with zero attached hydrogens (tertiary/aromatic N) is 3. The number of H-pyrrole nitrogens is 2. The van der Waals surface area contributed by atoms with Crippen LogP contribution in [0.4, 0.5) is 0 Å². The smallest absolute Gasteiger partial charge is 0.214 e. The highest BCUT2D eigenvalue weighted by atomic mass is 32.1. The van der Waals surface area contributed by atoms with Crippen molar-refractivity contribution in [2.24, 2.45) is 0 Å². The van der Waals surface area contributed by atoms with Crippen molar-refractivity contribution < 1.29 is 5.11 Å². The molecule has 3 aromatic rings. The lowest BCUT2D eigenvalue weighted by Gasteiger charge is -2.01. The Labute approximate surface area is 119 Å². The van der Waals surface area contributed by atoms with Crippen molar-refractivity contribution in [3.63, 3.8) is 0 Å². The molecule has 0 spiro atoms. The van der Waals surface area contributed by atoms with Gasteiger partial charge in [-0.2, -0.15) is 10.2 Å². The number of nitrogens with two attached hydrogens (primary N) is 1. The average Bonchev–Trinajstić information content (AvgIpc) is 3.01. The first-order valence-electron chi connectivity index (χ1n) is 5.84. The molecule has 0 amide bonds. The molecule has 0 unspecified atom stereocenters. The highest BCUT2D eigenvalue weighted by Gasteiger charge is 2.13. The van der Waals surface area contributed by atoms with E-state index in [-0.39, 0.29) is 5.75 Å². The molecule has 3 rings (SSSR count). The molecule has 0 radical (unpaired) electrons. The number of aromatic nitrogens is 5. The zero-order valence-electron chi connectivity index (χ0n) is 10.6. The number of nitrogens with one attached hydrogen (secondary N) is 2. The lowest BCUT2D eigenvalue weighted by Crippen LogP contribution is -2.09. The summed E-state index contributed by atoms with van der Waals surface area (Å²) in [6.45, 7) is 1.95. The maximum Gasteiger partial charge on any atom is 0.214 e. The van der Waals surface area contributed by atoms with E-state index in [1.54, 1.807) is 12.1 Å². The number of aryl methyl sites for hydroxylation is 1. The molecule has 0 bridgehead atoms. The number of benzene rings is 1. The van der Waals surface area contributed by atoms with Gasteiger partial charge in [-0.1, -0.05) is 11.6 Å². The van der Waals surface area contributed by atoms with Crippen LogP contribution in [0.2, 0.25) is 0 Å². The first kappa shape index (κ1) is 12.4. The van der Waals surface area contributed by atoms with E-state index in [9.17, 15) is 5.11 Å². The van der Waals surface area contributed by atoms with Crippen LogP contribution in [0.15, 0.2) is 24.3 Å². The highest BCUT2D eigenvalue weighted by molar-refractivity contribution is 7.71. The maximum absolute atomic E-state index is 9.90. The van der Waals surface area contributed by atoms with E-state index in [0.717, 1.165) is 5.56 Å². The molecule has 0 aliphatic heterocycles. The van der Waals surface area contributed by atoms with Gasteiger partial charge in [0.05, 0.1) is 5.69 Å². The number of aromatic hydroxyl groups is 1. The van der Waals surface area contributed by atoms with Crippen molar-refractivity contribution in [3.05, 3.63) is 34.6 Å². The summed E-state index contributed by atoms with van der Waals surface area (Å²) < 4.78 is 1.57. The summed E-state index contributed by atoms with van der Waals surface area (Å²) in [5.74, 6) is 6.37. The Balaban J connectivity index is 2.08. The second-order valence-corrected chi connectivity index (χ2v) is 4.80. The molecule has 2 heterocycles. The molecule has 102 valence electrons. The van der Waals surface area contributed by atoms with E-state index in [1.165, 1.54) is 4.68 Å². The van der Waals surface area contributed by atoms with Gasteiger partial charge in [0.25, 0.3) is 0 Å². The van der Waals surface area contributed by atoms with E-state index >= 15 is 0 Å². The molecular weight excluding hydrogens is 276 g/mol. The molecule has 7 nitrogen and oxygen atoms in total. The van der Waals surface area contributed by atoms with Crippen LogP contribution in [0.3, 0.4) is 0 Å². The number of phenols is 1. The quantitative estimate of drug-likeness (QED) is 0.424. The van der Waals surface area contributed by atoms with Crippen molar-refractivity contribution in [2.75, 3.05) is 5.84 Å². The minimum absolute atomic E-state index is 0.167. The number of hydrogen-bond donors (Lipinski definition) is 4. The Morgan fingerprint density at radius 3 is 2.75 bits per heavy atom. The Morgan fingerprint density at radius 1 is 1.25 bits per heavy atom. The van der Waals surface area contributed by atoms with Crippen molar-refractivity contribution in [1.29, 1.82) is 0 Å². The van der Waals surface area contributed by atoms with E-state index < -0.39 is 0 Å². The zero-order chi connectivity index (χ0) is 14.3. The van der Waals surface area contributed by atoms with Crippen LogP contribution >= 0.6 is 12.2 Å². The van der Waals surface area contributed by atoms with Gasteiger partial charge in [-0.15, -0.1) is 0 Å². The molecule has 1 aromatic carbocycles. The molecule has 0 fully saturated rings. The number of rotatable bonds is 2. The monoisotopic (exact) mass is 288 g/mol. The summed E-state index contributed by atoms with van der Waals surface area (Å²) in [5, 5.41) is 23.5. The van der Waals surface area contributed by atoms with Crippen LogP contribution in [0.1, 0.15) is 5.56 Å². The van der Waals surface area contributed by atoms with Crippen LogP contribution in [0.25, 0.3) is 22.8 Å². The number of aromatic amines is 2. The Morgan fingerprint density at radius 2 is 2.05 bits per heavy atom. The molecule has 20 heavy (non-hydrogen) atoms. The summed E-state index contributed by atoms with van der Waals surface area (Å²) in [4.78, 5) is 0. The van der Waals surface area contributed by atoms with Gasteiger partial charge < -0.3 is 10.9 Å². The van der Waals surface area contributed by atoms with Gasteiger partial charge in [-0.25, -0.2) is 9.77 Å². The van der Waals surface area contributed by atoms with E-state index in [1.807, 2.05) is 19.1 Å². The van der Waals surface area contributed by atoms with Crippen molar-refractivity contribution in [1.82, 2.24) is 25.1 Å². The average molecular weight is 288 g/mol. The summed E-state index contributed by atoms with van der Waals surface area (Å²) in [7, 11) is 0. The van der Waals surface area contributed by atoms with Gasteiger partial charge >= 0.3 is 0 Å². The van der Waals surface area contributed by atoms with E-state index in [4.69, 9.17) is 18.1 Å². The molecule has 8 heteroatoms. The molecule has 0 saturated carbocycles. The van der Waals surface area contributed by atoms with Gasteiger partial charge in [0.2, 0.25) is 4.77 Å². The molecule has 0 aliphatic rings. The van der Waals surface area contributed by atoms with E-state index in [2.05, 4.69) is 20.4 Å². The first-order valence-corrected chi connectivity index (χ1v) is 6.25. The van der Waals surface area contributed by atoms with Crippen molar-refractivity contribution in [2.45, 2.75) is 6.92 Å². The molecule has 0 atom stereocenters. The summed E-state index contributed by atoms with van der Waals surface area (Å²) >= 11 is 4.96. The van der Waals surface area contributed by atoms with Gasteiger partial charge in [0, 0.05) is 5.56 Å². The normalized spacial score (nSPS) is 10.8. The Hall–Kier alpha value is -2.61. The zero-order valence-corrected chi connectivity index (χ0v) is 11.4. The van der Waals surface area contributed by atoms with Gasteiger partial charge in [-0.05, 0) is 37.3 Å². The van der Waals surface area contributed by atoms with Crippen LogP contribution in [0.5, 0.6) is 5.75 Å². The maximum atomic E-state index is 9.90. The fourth-order valence-corrected chi connectivity index (χ4v) is 2.06. The summed E-state index contributed by atoms with van der Waals surface area (Å²) in [6.07, 6.45) is 0. The largest absolute Gasteiger partial charge is 0.507 e. The lowest BCUT2D eigenvalue weighted by atomic mass is 10.1. The van der Waals surface area contributed by atoms with Crippen LogP contribution < -0.4 is 5.84 Å². The predicted molar refractivity (Wildman–Crippen MR) is 77.0 cm³/mol. The second kappa shape index (κ2) is 4.49. The Bertz CT molecular complexity index is 831. The fraction of sp³-hybridized carbons (Fsp3) is 0.0833. The van der Waals surface area contributed by atoms with Gasteiger partial charge in [0.15, 0.2) is 5.82 Å². The third-order valence-corrected chi connectivity index (χ3v) is 3.24. The van der Waals surface area contributed by atoms with Gasteiger partial charge in [-0.3, -0.25) is 5.10 Å². The lowest BCUT2D eigenvalue weighted by molar-refractivity contribution is 0.477. The number of hydrogen-bond acceptors (Lipinski definition) is 5.